The Hall–Kier alpha value is -2.98. The molecule has 3 rings (SSSR count). The van der Waals surface area contributed by atoms with E-state index in [1.54, 1.807) is 17.0 Å². The quantitative estimate of drug-likeness (QED) is 0.366. The van der Waals surface area contributed by atoms with Gasteiger partial charge < -0.3 is 20.9 Å². The Balaban J connectivity index is 0.000000224. The van der Waals surface area contributed by atoms with Crippen LogP contribution in [-0.2, 0) is 11.3 Å². The molecule has 7 heteroatoms. The molecule has 1 aliphatic heterocycles. The molecule has 1 aliphatic rings. The molecule has 0 spiro atoms. The molecule has 0 aliphatic carbocycles. The molecule has 2 aromatic carbocycles. The summed E-state index contributed by atoms with van der Waals surface area (Å²) in [7, 11) is 0. The molecule has 1 unspecified atom stereocenters. The number of nitrogens with one attached hydrogen (secondary N) is 1. The van der Waals surface area contributed by atoms with E-state index in [2.05, 4.69) is 33.2 Å². The molecule has 0 saturated carbocycles. The monoisotopic (exact) mass is 484 g/mol. The predicted octanol–water partition coefficient (Wildman–Crippen LogP) is 4.18. The van der Waals surface area contributed by atoms with Crippen molar-refractivity contribution in [3.05, 3.63) is 64.1 Å². The summed E-state index contributed by atoms with van der Waals surface area (Å²) in [6.45, 7) is 4.11. The number of amides is 3. The first kappa shape index (κ1) is 24.3. The van der Waals surface area contributed by atoms with Gasteiger partial charge in [0.15, 0.2) is 0 Å². The number of nitrogens with zero attached hydrogens (tertiary/aromatic N) is 2. The third-order valence-corrected chi connectivity index (χ3v) is 5.67. The third kappa shape index (κ3) is 7.34. The molecule has 1 saturated heterocycles. The number of benzene rings is 2. The highest BCUT2D eigenvalue weighted by Gasteiger charge is 2.25. The molecule has 3 N–H and O–H groups in total. The SMILES string of the molecule is C#CCN(Cc1ccc(N)cc1)C(=O)NCC.O=CN1CCCC1c1ccccc1Br. The summed E-state index contributed by atoms with van der Waals surface area (Å²) in [6.07, 6.45) is 8.38. The molecule has 1 heterocycles. The van der Waals surface area contributed by atoms with Crippen LogP contribution in [0.4, 0.5) is 10.5 Å². The first-order valence-electron chi connectivity index (χ1n) is 10.3. The van der Waals surface area contributed by atoms with E-state index in [0.717, 1.165) is 35.8 Å². The average molecular weight is 485 g/mol. The minimum Gasteiger partial charge on any atom is -0.399 e. The molecule has 31 heavy (non-hydrogen) atoms. The average Bonchev–Trinajstić information content (AvgIpc) is 3.24. The number of terminal acetylenes is 1. The lowest BCUT2D eigenvalue weighted by atomic mass is 10.1. The van der Waals surface area contributed by atoms with Crippen LogP contribution in [0.15, 0.2) is 53.0 Å². The Kier molecular flexibility index (Phi) is 9.92. The summed E-state index contributed by atoms with van der Waals surface area (Å²) in [5.74, 6) is 2.48. The number of nitrogens with two attached hydrogens (primary N) is 1. The van der Waals surface area contributed by atoms with Crippen LogP contribution in [0.5, 0.6) is 0 Å². The van der Waals surface area contributed by atoms with Gasteiger partial charge in [-0.1, -0.05) is 52.2 Å². The number of hydrogen-bond acceptors (Lipinski definition) is 3. The number of carbonyl (C=O) groups is 2. The highest BCUT2D eigenvalue weighted by molar-refractivity contribution is 9.10. The molecule has 164 valence electrons. The molecule has 1 atom stereocenters. The number of carbonyl (C=O) groups excluding carboxylic acids is 2. The summed E-state index contributed by atoms with van der Waals surface area (Å²) in [4.78, 5) is 26.0. The second-order valence-corrected chi connectivity index (χ2v) is 8.01. The molecular formula is C24H29BrN4O2. The molecule has 0 bridgehead atoms. The lowest BCUT2D eigenvalue weighted by molar-refractivity contribution is -0.118. The van der Waals surface area contributed by atoms with Crippen LogP contribution < -0.4 is 11.1 Å². The largest absolute Gasteiger partial charge is 0.399 e. The zero-order valence-electron chi connectivity index (χ0n) is 17.8. The van der Waals surface area contributed by atoms with E-state index in [1.165, 1.54) is 5.56 Å². The van der Waals surface area contributed by atoms with Gasteiger partial charge in [0.05, 0.1) is 12.6 Å². The standard InChI is InChI=1S/C13H17N3O.C11H12BrNO/c1-3-9-16(13(17)15-4-2)10-11-5-7-12(14)8-6-11;12-10-5-2-1-4-9(10)11-6-3-7-13(11)8-14/h1,5-8H,4,9-10,14H2,2H3,(H,15,17);1-2,4-5,8,11H,3,6-7H2. The maximum absolute atomic E-state index is 11.7. The van der Waals surface area contributed by atoms with Gasteiger partial charge in [-0.25, -0.2) is 4.79 Å². The molecule has 3 amide bonds. The van der Waals surface area contributed by atoms with Crippen LogP contribution in [0.1, 0.15) is 36.9 Å². The number of nitrogen functional groups attached to an aromatic ring is 1. The minimum atomic E-state index is -0.151. The van der Waals surface area contributed by atoms with Crippen LogP contribution in [0.25, 0.3) is 0 Å². The Morgan fingerprint density at radius 2 is 2.03 bits per heavy atom. The maximum Gasteiger partial charge on any atom is 0.318 e. The van der Waals surface area contributed by atoms with E-state index in [4.69, 9.17) is 12.2 Å². The van der Waals surface area contributed by atoms with E-state index in [-0.39, 0.29) is 18.6 Å². The van der Waals surface area contributed by atoms with Crippen molar-refractivity contribution in [3.8, 4) is 12.3 Å². The summed E-state index contributed by atoms with van der Waals surface area (Å²) >= 11 is 3.52. The molecule has 6 nitrogen and oxygen atoms in total. The Bertz CT molecular complexity index is 895. The van der Waals surface area contributed by atoms with Crippen molar-refractivity contribution in [2.24, 2.45) is 0 Å². The van der Waals surface area contributed by atoms with Crippen LogP contribution in [0.3, 0.4) is 0 Å². The van der Waals surface area contributed by atoms with Crippen LogP contribution in [0, 0.1) is 12.3 Å². The van der Waals surface area contributed by atoms with Gasteiger partial charge in [0.1, 0.15) is 0 Å². The zero-order valence-corrected chi connectivity index (χ0v) is 19.3. The second kappa shape index (κ2) is 12.7. The van der Waals surface area contributed by atoms with E-state index < -0.39 is 0 Å². The summed E-state index contributed by atoms with van der Waals surface area (Å²) < 4.78 is 1.10. The number of hydrogen-bond donors (Lipinski definition) is 2. The van der Waals surface area contributed by atoms with Crippen molar-refractivity contribution >= 4 is 34.1 Å². The predicted molar refractivity (Wildman–Crippen MR) is 128 cm³/mol. The third-order valence-electron chi connectivity index (χ3n) is 4.94. The molecule has 0 radical (unpaired) electrons. The Morgan fingerprint density at radius 1 is 1.32 bits per heavy atom. The van der Waals surface area contributed by atoms with Crippen LogP contribution in [0.2, 0.25) is 0 Å². The number of rotatable bonds is 6. The van der Waals surface area contributed by atoms with Crippen molar-refractivity contribution in [2.75, 3.05) is 25.4 Å². The number of anilines is 1. The van der Waals surface area contributed by atoms with Crippen molar-refractivity contribution in [3.63, 3.8) is 0 Å². The van der Waals surface area contributed by atoms with E-state index >= 15 is 0 Å². The van der Waals surface area contributed by atoms with Crippen molar-refractivity contribution < 1.29 is 9.59 Å². The normalized spacial score (nSPS) is 14.7. The van der Waals surface area contributed by atoms with Crippen molar-refractivity contribution in [1.82, 2.24) is 15.1 Å². The highest BCUT2D eigenvalue weighted by atomic mass is 79.9. The molecule has 1 fully saturated rings. The highest BCUT2D eigenvalue weighted by Crippen LogP contribution is 2.34. The lowest BCUT2D eigenvalue weighted by Gasteiger charge is -2.21. The summed E-state index contributed by atoms with van der Waals surface area (Å²) in [6, 6.07) is 15.6. The fourth-order valence-corrected chi connectivity index (χ4v) is 3.96. The number of likely N-dealkylation sites (tertiary alicyclic amines) is 1. The topological polar surface area (TPSA) is 78.7 Å². The molecule has 0 aromatic heterocycles. The number of urea groups is 1. The lowest BCUT2D eigenvalue weighted by Crippen LogP contribution is -2.39. The maximum atomic E-state index is 11.7. The summed E-state index contributed by atoms with van der Waals surface area (Å²) in [5, 5.41) is 2.73. The van der Waals surface area contributed by atoms with Gasteiger partial charge in [-0.2, -0.15) is 0 Å². The van der Waals surface area contributed by atoms with E-state index in [0.29, 0.717) is 18.8 Å². The molecular weight excluding hydrogens is 456 g/mol. The summed E-state index contributed by atoms with van der Waals surface area (Å²) in [5.41, 5.74) is 8.52. The molecule has 2 aromatic rings. The Morgan fingerprint density at radius 3 is 2.65 bits per heavy atom. The smallest absolute Gasteiger partial charge is 0.318 e. The van der Waals surface area contributed by atoms with Crippen LogP contribution >= 0.6 is 15.9 Å². The first-order valence-corrected chi connectivity index (χ1v) is 11.1. The second-order valence-electron chi connectivity index (χ2n) is 7.16. The van der Waals surface area contributed by atoms with Crippen molar-refractivity contribution in [1.29, 1.82) is 0 Å². The van der Waals surface area contributed by atoms with Gasteiger partial charge >= 0.3 is 6.03 Å². The van der Waals surface area contributed by atoms with E-state index in [9.17, 15) is 9.59 Å². The number of halogens is 1. The van der Waals surface area contributed by atoms with Crippen molar-refractivity contribution in [2.45, 2.75) is 32.4 Å². The fraction of sp³-hybridized carbons (Fsp3) is 0.333. The van der Waals surface area contributed by atoms with Gasteiger partial charge in [0.25, 0.3) is 0 Å². The zero-order chi connectivity index (χ0) is 22.6. The van der Waals surface area contributed by atoms with Gasteiger partial charge in [-0.05, 0) is 49.1 Å². The van der Waals surface area contributed by atoms with Gasteiger partial charge in [-0.15, -0.1) is 6.42 Å². The Labute approximate surface area is 192 Å². The minimum absolute atomic E-state index is 0.151. The van der Waals surface area contributed by atoms with Gasteiger partial charge in [0.2, 0.25) is 6.41 Å². The fourth-order valence-electron chi connectivity index (χ4n) is 3.41. The van der Waals surface area contributed by atoms with Gasteiger partial charge in [-0.3, -0.25) is 4.79 Å². The first-order chi connectivity index (χ1) is 15.0. The van der Waals surface area contributed by atoms with Crippen LogP contribution in [-0.4, -0.2) is 41.9 Å². The van der Waals surface area contributed by atoms with Gasteiger partial charge in [0, 0.05) is 29.8 Å². The van der Waals surface area contributed by atoms with E-state index in [1.807, 2.05) is 42.2 Å².